The fourth-order valence-electron chi connectivity index (χ4n) is 3.08. The number of para-hydroxylation sites is 1. The van der Waals surface area contributed by atoms with Gasteiger partial charge in [0.05, 0.1) is 36.7 Å². The highest BCUT2D eigenvalue weighted by Gasteiger charge is 2.18. The van der Waals surface area contributed by atoms with Crippen LogP contribution in [0.25, 0.3) is 0 Å². The monoisotopic (exact) mass is 482 g/mol. The van der Waals surface area contributed by atoms with Gasteiger partial charge in [0.1, 0.15) is 0 Å². The Balaban J connectivity index is 1.67. The van der Waals surface area contributed by atoms with Crippen LogP contribution in [0.2, 0.25) is 0 Å². The summed E-state index contributed by atoms with van der Waals surface area (Å²) >= 11 is 0. The molecule has 1 amide bonds. The third kappa shape index (κ3) is 6.17. The minimum Gasteiger partial charge on any atom is -0.490 e. The summed E-state index contributed by atoms with van der Waals surface area (Å²) in [6.45, 7) is 0.110. The number of hydrogen-bond acceptors (Lipinski definition) is 7. The number of hydrogen-bond donors (Lipinski definition) is 1. The highest BCUT2D eigenvalue weighted by atomic mass is 32.2. The Labute approximate surface area is 196 Å². The Bertz CT molecular complexity index is 1310. The number of nitrogens with zero attached hydrogens (tertiary/aromatic N) is 3. The highest BCUT2D eigenvalue weighted by molar-refractivity contribution is 7.92. The van der Waals surface area contributed by atoms with Crippen molar-refractivity contribution in [1.29, 1.82) is 0 Å². The summed E-state index contributed by atoms with van der Waals surface area (Å²) in [5, 5.41) is 14.9. The summed E-state index contributed by atoms with van der Waals surface area (Å²) in [6.07, 6.45) is 2.42. The van der Waals surface area contributed by atoms with E-state index in [0.717, 1.165) is 6.26 Å². The standard InChI is InChI=1S/C23H22N4O6S/c1-33-22-13-10-18(14-21(22)27(29)30)15-24-25-23(28)19-11-8-17(9-12-19)16-26(34(2,31)32)20-6-4-3-5-7-20/h3-15H,16H2,1-2H3,(H,25,28)/b24-15-. The normalized spacial score (nSPS) is 11.2. The predicted molar refractivity (Wildman–Crippen MR) is 129 cm³/mol. The van der Waals surface area contributed by atoms with Crippen LogP contribution in [0.1, 0.15) is 21.5 Å². The number of methoxy groups -OCH3 is 1. The second-order valence-electron chi connectivity index (χ2n) is 7.19. The molecule has 0 aliphatic carbocycles. The van der Waals surface area contributed by atoms with E-state index >= 15 is 0 Å². The molecule has 0 saturated carbocycles. The van der Waals surface area contributed by atoms with Gasteiger partial charge >= 0.3 is 5.69 Å². The Hall–Kier alpha value is -4.25. The SMILES string of the molecule is COc1ccc(/C=N\NC(=O)c2ccc(CN(c3ccccc3)S(C)(=O)=O)cc2)cc1[N+](=O)[O-]. The molecule has 176 valence electrons. The maximum absolute atomic E-state index is 12.4. The Kier molecular flexibility index (Phi) is 7.59. The van der Waals surface area contributed by atoms with Crippen molar-refractivity contribution in [1.82, 2.24) is 5.43 Å². The first kappa shape index (κ1) is 24.4. The van der Waals surface area contributed by atoms with Crippen LogP contribution in [0.4, 0.5) is 11.4 Å². The van der Waals surface area contributed by atoms with Crippen LogP contribution in [-0.4, -0.2) is 38.8 Å². The number of sulfonamides is 1. The van der Waals surface area contributed by atoms with Gasteiger partial charge in [-0.1, -0.05) is 30.3 Å². The van der Waals surface area contributed by atoms with Gasteiger partial charge in [-0.2, -0.15) is 5.10 Å². The van der Waals surface area contributed by atoms with E-state index < -0.39 is 20.9 Å². The van der Waals surface area contributed by atoms with Gasteiger partial charge in [0, 0.05) is 17.2 Å². The van der Waals surface area contributed by atoms with E-state index in [2.05, 4.69) is 10.5 Å². The van der Waals surface area contributed by atoms with E-state index in [9.17, 15) is 23.3 Å². The molecule has 0 spiro atoms. The lowest BCUT2D eigenvalue weighted by atomic mass is 10.1. The first-order chi connectivity index (χ1) is 16.2. The van der Waals surface area contributed by atoms with Crippen molar-refractivity contribution in [2.24, 2.45) is 5.10 Å². The van der Waals surface area contributed by atoms with Gasteiger partial charge in [-0.05, 0) is 42.0 Å². The molecule has 0 bridgehead atoms. The summed E-state index contributed by atoms with van der Waals surface area (Å²) in [7, 11) is -2.17. The average Bonchev–Trinajstić information content (AvgIpc) is 2.82. The van der Waals surface area contributed by atoms with Gasteiger partial charge in [0.2, 0.25) is 10.0 Å². The van der Waals surface area contributed by atoms with E-state index in [1.54, 1.807) is 60.7 Å². The number of carbonyl (C=O) groups is 1. The molecular formula is C23H22N4O6S. The zero-order valence-corrected chi connectivity index (χ0v) is 19.2. The minimum atomic E-state index is -3.51. The third-order valence-corrected chi connectivity index (χ3v) is 5.91. The van der Waals surface area contributed by atoms with E-state index in [4.69, 9.17) is 4.74 Å². The predicted octanol–water partition coefficient (Wildman–Crippen LogP) is 3.33. The van der Waals surface area contributed by atoms with Crippen LogP contribution >= 0.6 is 0 Å². The molecule has 0 fully saturated rings. The number of amides is 1. The number of carbonyl (C=O) groups excluding carboxylic acids is 1. The molecule has 0 radical (unpaired) electrons. The summed E-state index contributed by atoms with van der Waals surface area (Å²) in [5.41, 5.74) is 4.10. The van der Waals surface area contributed by atoms with Crippen LogP contribution in [0.3, 0.4) is 0 Å². The lowest BCUT2D eigenvalue weighted by Crippen LogP contribution is -2.29. The quantitative estimate of drug-likeness (QED) is 0.283. The van der Waals surface area contributed by atoms with E-state index in [-0.39, 0.29) is 18.0 Å². The summed E-state index contributed by atoms with van der Waals surface area (Å²) in [6, 6.07) is 19.5. The van der Waals surface area contributed by atoms with Crippen LogP contribution in [0.15, 0.2) is 77.9 Å². The van der Waals surface area contributed by atoms with Crippen LogP contribution < -0.4 is 14.5 Å². The molecule has 3 aromatic carbocycles. The minimum absolute atomic E-state index is 0.110. The van der Waals surface area contributed by atoms with Gasteiger partial charge in [-0.3, -0.25) is 19.2 Å². The molecule has 0 aromatic heterocycles. The van der Waals surface area contributed by atoms with E-state index in [1.807, 2.05) is 0 Å². The number of anilines is 1. The third-order valence-electron chi connectivity index (χ3n) is 4.77. The fourth-order valence-corrected chi connectivity index (χ4v) is 3.97. The largest absolute Gasteiger partial charge is 0.490 e. The number of hydrazone groups is 1. The molecule has 0 unspecified atom stereocenters. The van der Waals surface area contributed by atoms with Crippen molar-refractivity contribution in [2.45, 2.75) is 6.54 Å². The topological polar surface area (TPSA) is 131 Å². The van der Waals surface area contributed by atoms with Gasteiger partial charge in [-0.25, -0.2) is 13.8 Å². The number of nitro groups is 1. The van der Waals surface area contributed by atoms with Gasteiger partial charge in [-0.15, -0.1) is 0 Å². The van der Waals surface area contributed by atoms with Gasteiger partial charge < -0.3 is 4.74 Å². The number of nitrogens with one attached hydrogen (secondary N) is 1. The van der Waals surface area contributed by atoms with Crippen LogP contribution in [-0.2, 0) is 16.6 Å². The molecule has 0 saturated heterocycles. The number of ether oxygens (including phenoxy) is 1. The molecule has 10 nitrogen and oxygen atoms in total. The zero-order valence-electron chi connectivity index (χ0n) is 18.4. The van der Waals surface area contributed by atoms with Crippen molar-refractivity contribution in [3.63, 3.8) is 0 Å². The zero-order chi connectivity index (χ0) is 24.7. The van der Waals surface area contributed by atoms with Crippen molar-refractivity contribution in [3.05, 3.63) is 99.6 Å². The number of benzene rings is 3. The van der Waals surface area contributed by atoms with Crippen molar-refractivity contribution >= 4 is 33.5 Å². The van der Waals surface area contributed by atoms with E-state index in [1.165, 1.54) is 29.8 Å². The lowest BCUT2D eigenvalue weighted by Gasteiger charge is -2.22. The fraction of sp³-hybridized carbons (Fsp3) is 0.130. The van der Waals surface area contributed by atoms with Crippen molar-refractivity contribution in [3.8, 4) is 5.75 Å². The van der Waals surface area contributed by atoms with Crippen molar-refractivity contribution in [2.75, 3.05) is 17.7 Å². The van der Waals surface area contributed by atoms with Gasteiger partial charge in [0.25, 0.3) is 5.91 Å². The molecule has 34 heavy (non-hydrogen) atoms. The molecular weight excluding hydrogens is 460 g/mol. The number of rotatable bonds is 9. The molecule has 11 heteroatoms. The van der Waals surface area contributed by atoms with Crippen molar-refractivity contribution < 1.29 is 22.9 Å². The molecule has 1 N–H and O–H groups in total. The molecule has 0 aliphatic heterocycles. The molecule has 3 aromatic rings. The number of nitro benzene ring substituents is 1. The Morgan fingerprint density at radius 2 is 1.79 bits per heavy atom. The second kappa shape index (κ2) is 10.6. The van der Waals surface area contributed by atoms with Crippen LogP contribution in [0.5, 0.6) is 5.75 Å². The Morgan fingerprint density at radius 3 is 2.38 bits per heavy atom. The highest BCUT2D eigenvalue weighted by Crippen LogP contribution is 2.26. The second-order valence-corrected chi connectivity index (χ2v) is 9.10. The molecule has 0 atom stereocenters. The molecule has 0 aliphatic rings. The molecule has 3 rings (SSSR count). The lowest BCUT2D eigenvalue weighted by molar-refractivity contribution is -0.385. The maximum Gasteiger partial charge on any atom is 0.311 e. The first-order valence-electron chi connectivity index (χ1n) is 9.96. The molecule has 0 heterocycles. The first-order valence-corrected chi connectivity index (χ1v) is 11.8. The average molecular weight is 483 g/mol. The Morgan fingerprint density at radius 1 is 1.12 bits per heavy atom. The maximum atomic E-state index is 12.4. The summed E-state index contributed by atoms with van der Waals surface area (Å²) < 4.78 is 30.7. The smallest absolute Gasteiger partial charge is 0.311 e. The summed E-state index contributed by atoms with van der Waals surface area (Å²) in [4.78, 5) is 22.9. The van der Waals surface area contributed by atoms with E-state index in [0.29, 0.717) is 22.4 Å². The van der Waals surface area contributed by atoms with Gasteiger partial charge in [0.15, 0.2) is 5.75 Å². The van der Waals surface area contributed by atoms with Crippen LogP contribution in [0, 0.1) is 10.1 Å². The summed E-state index contributed by atoms with van der Waals surface area (Å²) in [5.74, 6) is -0.373.